The molecule has 0 saturated heterocycles. The number of hydrogen-bond donors (Lipinski definition) is 0. The normalized spacial score (nSPS) is 10.7. The topological polar surface area (TPSA) is 102 Å². The predicted molar refractivity (Wildman–Crippen MR) is 110 cm³/mol. The van der Waals surface area contributed by atoms with E-state index < -0.39 is 5.97 Å². The minimum absolute atomic E-state index is 0.148. The average molecular weight is 420 g/mol. The van der Waals surface area contributed by atoms with Crippen molar-refractivity contribution in [3.63, 3.8) is 0 Å². The molecule has 2 aromatic heterocycles. The molecule has 0 N–H and O–H groups in total. The minimum Gasteiger partial charge on any atom is -0.497 e. The van der Waals surface area contributed by atoms with Crippen molar-refractivity contribution in [3.05, 3.63) is 72.0 Å². The highest BCUT2D eigenvalue weighted by atomic mass is 16.6. The van der Waals surface area contributed by atoms with Crippen LogP contribution in [0.4, 0.5) is 0 Å². The summed E-state index contributed by atoms with van der Waals surface area (Å²) in [5, 5.41) is 8.34. The lowest BCUT2D eigenvalue weighted by Gasteiger charge is -2.10. The fourth-order valence-corrected chi connectivity index (χ4v) is 3.04. The largest absolute Gasteiger partial charge is 0.497 e. The summed E-state index contributed by atoms with van der Waals surface area (Å²) in [6.45, 7) is 1.54. The average Bonchev–Trinajstić information content (AvgIpc) is 3.44. The number of carbonyl (C=O) groups excluding carboxylic acids is 1. The Morgan fingerprint density at radius 3 is 2.58 bits per heavy atom. The van der Waals surface area contributed by atoms with Crippen LogP contribution in [0, 0.1) is 6.92 Å². The van der Waals surface area contributed by atoms with Crippen LogP contribution < -0.4 is 9.47 Å². The summed E-state index contributed by atoms with van der Waals surface area (Å²) in [4.78, 5) is 17.0. The molecule has 158 valence electrons. The van der Waals surface area contributed by atoms with Crippen LogP contribution in [0.5, 0.6) is 11.5 Å². The van der Waals surface area contributed by atoms with E-state index in [9.17, 15) is 4.79 Å². The Bertz CT molecular complexity index is 1200. The summed E-state index contributed by atoms with van der Waals surface area (Å²) in [5.74, 6) is 1.23. The Hall–Kier alpha value is -4.14. The molecule has 4 aromatic rings. The zero-order valence-corrected chi connectivity index (χ0v) is 17.2. The number of aromatic nitrogens is 4. The standard InChI is InChI=1S/C22H20N4O5/c1-14-23-20(31-25-14)13-30-22(27)18-12-26(15-7-5-4-6-8-15)24-21(18)17-11-16(28-2)9-10-19(17)29-3/h4-12H,13H2,1-3H3. The lowest BCUT2D eigenvalue weighted by Crippen LogP contribution is -2.06. The van der Waals surface area contributed by atoms with Gasteiger partial charge in [-0.1, -0.05) is 23.4 Å². The number of rotatable bonds is 7. The van der Waals surface area contributed by atoms with Gasteiger partial charge in [-0.05, 0) is 37.3 Å². The van der Waals surface area contributed by atoms with E-state index in [2.05, 4.69) is 15.2 Å². The maximum atomic E-state index is 13.0. The summed E-state index contributed by atoms with van der Waals surface area (Å²) in [6.07, 6.45) is 1.62. The van der Waals surface area contributed by atoms with Gasteiger partial charge in [0.25, 0.3) is 5.89 Å². The van der Waals surface area contributed by atoms with Gasteiger partial charge < -0.3 is 18.7 Å². The number of nitrogens with zero attached hydrogens (tertiary/aromatic N) is 4. The molecule has 4 rings (SSSR count). The molecule has 2 heterocycles. The van der Waals surface area contributed by atoms with Crippen LogP contribution in [0.2, 0.25) is 0 Å². The van der Waals surface area contributed by atoms with E-state index in [0.29, 0.717) is 28.6 Å². The van der Waals surface area contributed by atoms with Gasteiger partial charge in [0.15, 0.2) is 12.4 Å². The SMILES string of the molecule is COc1ccc(OC)c(-c2nn(-c3ccccc3)cc2C(=O)OCc2nc(C)no2)c1. The summed E-state index contributed by atoms with van der Waals surface area (Å²) in [7, 11) is 3.12. The van der Waals surface area contributed by atoms with E-state index >= 15 is 0 Å². The van der Waals surface area contributed by atoms with Crippen LogP contribution in [-0.2, 0) is 11.3 Å². The van der Waals surface area contributed by atoms with Gasteiger partial charge in [-0.3, -0.25) is 0 Å². The van der Waals surface area contributed by atoms with E-state index in [1.807, 2.05) is 30.3 Å². The van der Waals surface area contributed by atoms with Crippen LogP contribution in [-0.4, -0.2) is 40.1 Å². The zero-order valence-electron chi connectivity index (χ0n) is 17.2. The zero-order chi connectivity index (χ0) is 21.8. The highest BCUT2D eigenvalue weighted by molar-refractivity contribution is 5.97. The smallest absolute Gasteiger partial charge is 0.342 e. The number of ether oxygens (including phenoxy) is 3. The third-order valence-electron chi connectivity index (χ3n) is 4.51. The molecule has 0 bridgehead atoms. The third kappa shape index (κ3) is 4.25. The molecule has 0 aliphatic heterocycles. The van der Waals surface area contributed by atoms with Gasteiger partial charge in [-0.15, -0.1) is 0 Å². The lowest BCUT2D eigenvalue weighted by molar-refractivity contribution is 0.0430. The second-order valence-electron chi connectivity index (χ2n) is 6.55. The van der Waals surface area contributed by atoms with Crippen molar-refractivity contribution in [2.24, 2.45) is 0 Å². The molecule has 0 unspecified atom stereocenters. The molecule has 0 spiro atoms. The van der Waals surface area contributed by atoms with Crippen molar-refractivity contribution in [1.29, 1.82) is 0 Å². The molecule has 2 aromatic carbocycles. The van der Waals surface area contributed by atoms with Crippen LogP contribution in [0.3, 0.4) is 0 Å². The van der Waals surface area contributed by atoms with E-state index in [0.717, 1.165) is 5.69 Å². The van der Waals surface area contributed by atoms with E-state index in [-0.39, 0.29) is 18.1 Å². The van der Waals surface area contributed by atoms with Crippen molar-refractivity contribution >= 4 is 5.97 Å². The van der Waals surface area contributed by atoms with Crippen LogP contribution in [0.25, 0.3) is 16.9 Å². The number of hydrogen-bond acceptors (Lipinski definition) is 8. The number of benzene rings is 2. The fourth-order valence-electron chi connectivity index (χ4n) is 3.04. The molecule has 0 saturated carbocycles. The molecule has 0 amide bonds. The van der Waals surface area contributed by atoms with Crippen molar-refractivity contribution in [2.45, 2.75) is 13.5 Å². The van der Waals surface area contributed by atoms with Gasteiger partial charge in [-0.2, -0.15) is 10.1 Å². The van der Waals surface area contributed by atoms with Crippen molar-refractivity contribution in [1.82, 2.24) is 19.9 Å². The number of aryl methyl sites for hydroxylation is 1. The van der Waals surface area contributed by atoms with Crippen molar-refractivity contribution < 1.29 is 23.5 Å². The highest BCUT2D eigenvalue weighted by Crippen LogP contribution is 2.35. The Kier molecular flexibility index (Phi) is 5.65. The van der Waals surface area contributed by atoms with Crippen LogP contribution in [0.15, 0.2) is 59.3 Å². The molecular formula is C22H20N4O5. The maximum Gasteiger partial charge on any atom is 0.342 e. The monoisotopic (exact) mass is 420 g/mol. The Morgan fingerprint density at radius 1 is 1.10 bits per heavy atom. The molecule has 31 heavy (non-hydrogen) atoms. The summed E-state index contributed by atoms with van der Waals surface area (Å²) < 4.78 is 22.9. The maximum absolute atomic E-state index is 13.0. The second kappa shape index (κ2) is 8.70. The summed E-state index contributed by atoms with van der Waals surface area (Å²) in [6, 6.07) is 14.7. The Morgan fingerprint density at radius 2 is 1.90 bits per heavy atom. The first-order chi connectivity index (χ1) is 15.1. The summed E-state index contributed by atoms with van der Waals surface area (Å²) >= 11 is 0. The Balaban J connectivity index is 1.76. The number of esters is 1. The van der Waals surface area contributed by atoms with Crippen LogP contribution >= 0.6 is 0 Å². The van der Waals surface area contributed by atoms with Crippen molar-refractivity contribution in [3.8, 4) is 28.4 Å². The molecule has 0 atom stereocenters. The van der Waals surface area contributed by atoms with Crippen molar-refractivity contribution in [2.75, 3.05) is 14.2 Å². The summed E-state index contributed by atoms with van der Waals surface area (Å²) in [5.41, 5.74) is 2.03. The first kappa shape index (κ1) is 20.1. The molecule has 9 nitrogen and oxygen atoms in total. The molecule has 0 radical (unpaired) electrons. The molecular weight excluding hydrogens is 400 g/mol. The van der Waals surface area contributed by atoms with E-state index in [1.165, 1.54) is 0 Å². The van der Waals surface area contributed by atoms with Crippen LogP contribution in [0.1, 0.15) is 22.1 Å². The molecule has 0 aliphatic rings. The van der Waals surface area contributed by atoms with Gasteiger partial charge in [0.2, 0.25) is 0 Å². The number of para-hydroxylation sites is 1. The first-order valence-electron chi connectivity index (χ1n) is 9.43. The van der Waals surface area contributed by atoms with Gasteiger partial charge in [0.1, 0.15) is 22.8 Å². The predicted octanol–water partition coefficient (Wildman–Crippen LogP) is 3.60. The molecule has 0 aliphatic carbocycles. The first-order valence-corrected chi connectivity index (χ1v) is 9.43. The third-order valence-corrected chi connectivity index (χ3v) is 4.51. The number of carbonyl (C=O) groups is 1. The molecule has 0 fully saturated rings. The quantitative estimate of drug-likeness (QED) is 0.418. The minimum atomic E-state index is -0.585. The van der Waals surface area contributed by atoms with Gasteiger partial charge in [0.05, 0.1) is 19.9 Å². The van der Waals surface area contributed by atoms with E-state index in [1.54, 1.807) is 50.2 Å². The molecule has 9 heteroatoms. The highest BCUT2D eigenvalue weighted by Gasteiger charge is 2.23. The van der Waals surface area contributed by atoms with Gasteiger partial charge in [-0.25, -0.2) is 9.48 Å². The number of methoxy groups -OCH3 is 2. The van der Waals surface area contributed by atoms with Gasteiger partial charge in [0, 0.05) is 11.8 Å². The van der Waals surface area contributed by atoms with E-state index in [4.69, 9.17) is 18.7 Å². The fraction of sp³-hybridized carbons (Fsp3) is 0.182. The second-order valence-corrected chi connectivity index (χ2v) is 6.55. The Labute approximate surface area is 178 Å². The lowest BCUT2D eigenvalue weighted by atomic mass is 10.1. The van der Waals surface area contributed by atoms with Gasteiger partial charge >= 0.3 is 5.97 Å².